The second-order valence-electron chi connectivity index (χ2n) is 6.95. The van der Waals surface area contributed by atoms with E-state index in [0.717, 1.165) is 11.3 Å². The molecule has 3 aromatic rings. The van der Waals surface area contributed by atoms with Gasteiger partial charge in [0.2, 0.25) is 10.0 Å². The molecular weight excluding hydrogens is 424 g/mol. The number of aromatic nitrogens is 3. The maximum Gasteiger partial charge on any atom is 0.243 e. The van der Waals surface area contributed by atoms with E-state index in [9.17, 15) is 8.42 Å². The molecule has 0 atom stereocenters. The highest BCUT2D eigenvalue weighted by Gasteiger charge is 2.29. The van der Waals surface area contributed by atoms with Gasteiger partial charge in [-0.15, -0.1) is 10.2 Å². The molecule has 30 heavy (non-hydrogen) atoms. The molecule has 0 aliphatic carbocycles. The van der Waals surface area contributed by atoms with Crippen LogP contribution >= 0.6 is 11.6 Å². The van der Waals surface area contributed by atoms with Crippen molar-refractivity contribution in [2.24, 2.45) is 0 Å². The number of nitrogens with one attached hydrogen (secondary N) is 1. The van der Waals surface area contributed by atoms with Gasteiger partial charge in [-0.2, -0.15) is 4.31 Å². The lowest BCUT2D eigenvalue weighted by Gasteiger charge is -2.34. The summed E-state index contributed by atoms with van der Waals surface area (Å²) in [7, 11) is -3.58. The molecule has 0 saturated carbocycles. The summed E-state index contributed by atoms with van der Waals surface area (Å²) in [5.41, 5.74) is 1.68. The first kappa shape index (κ1) is 20.5. The summed E-state index contributed by atoms with van der Waals surface area (Å²) in [6.07, 6.45) is 3.41. The Bertz CT molecular complexity index is 1120. The van der Waals surface area contributed by atoms with E-state index in [1.165, 1.54) is 10.4 Å². The molecule has 2 aromatic heterocycles. The Morgan fingerprint density at radius 2 is 1.83 bits per heavy atom. The van der Waals surface area contributed by atoms with Crippen LogP contribution in [0.15, 0.2) is 59.8 Å². The zero-order chi connectivity index (χ0) is 21.1. The van der Waals surface area contributed by atoms with E-state index in [1.807, 2.05) is 36.1 Å². The standard InChI is InChI=1S/C20H21ClN6O2S/c1-15-4-5-17(13-18(15)21)30(28,29)27-11-9-26(10-12-27)20-7-6-19(24-25-20)23-16-3-2-8-22-14-16/h2-8,13-14H,9-12H2,1H3,(H,23,24). The number of rotatable bonds is 5. The van der Waals surface area contributed by atoms with Crippen LogP contribution in [0.1, 0.15) is 5.56 Å². The van der Waals surface area contributed by atoms with Gasteiger partial charge >= 0.3 is 0 Å². The van der Waals surface area contributed by atoms with E-state index in [-0.39, 0.29) is 4.90 Å². The number of halogens is 1. The summed E-state index contributed by atoms with van der Waals surface area (Å²) in [6.45, 7) is 3.64. The summed E-state index contributed by atoms with van der Waals surface area (Å²) in [6, 6.07) is 12.3. The summed E-state index contributed by atoms with van der Waals surface area (Å²) >= 11 is 6.11. The minimum absolute atomic E-state index is 0.220. The van der Waals surface area contributed by atoms with Crippen molar-refractivity contribution in [2.45, 2.75) is 11.8 Å². The summed E-state index contributed by atoms with van der Waals surface area (Å²) in [5.74, 6) is 1.33. The molecule has 0 amide bonds. The molecule has 10 heteroatoms. The van der Waals surface area contributed by atoms with Crippen molar-refractivity contribution < 1.29 is 8.42 Å². The smallest absolute Gasteiger partial charge is 0.243 e. The fourth-order valence-electron chi connectivity index (χ4n) is 3.19. The van der Waals surface area contributed by atoms with Crippen molar-refractivity contribution in [2.75, 3.05) is 36.4 Å². The molecule has 1 aliphatic rings. The Morgan fingerprint density at radius 3 is 2.47 bits per heavy atom. The van der Waals surface area contributed by atoms with Crippen LogP contribution in [-0.2, 0) is 10.0 Å². The first-order valence-corrected chi connectivity index (χ1v) is 11.3. The topological polar surface area (TPSA) is 91.3 Å². The molecule has 4 rings (SSSR count). The molecule has 1 saturated heterocycles. The Balaban J connectivity index is 1.40. The van der Waals surface area contributed by atoms with Crippen LogP contribution in [0, 0.1) is 6.92 Å². The predicted molar refractivity (Wildman–Crippen MR) is 117 cm³/mol. The number of aryl methyl sites for hydroxylation is 1. The molecule has 8 nitrogen and oxygen atoms in total. The fourth-order valence-corrected chi connectivity index (χ4v) is 4.88. The number of sulfonamides is 1. The monoisotopic (exact) mass is 444 g/mol. The lowest BCUT2D eigenvalue weighted by molar-refractivity contribution is 0.383. The SMILES string of the molecule is Cc1ccc(S(=O)(=O)N2CCN(c3ccc(Nc4cccnc4)nn3)CC2)cc1Cl. The van der Waals surface area contributed by atoms with Crippen molar-refractivity contribution in [3.05, 3.63) is 65.4 Å². The number of pyridine rings is 1. The molecule has 1 fully saturated rings. The summed E-state index contributed by atoms with van der Waals surface area (Å²) in [4.78, 5) is 6.29. The Hall–Kier alpha value is -2.75. The van der Waals surface area contributed by atoms with E-state index < -0.39 is 10.0 Å². The molecule has 156 valence electrons. The minimum atomic E-state index is -3.58. The van der Waals surface area contributed by atoms with E-state index in [4.69, 9.17) is 11.6 Å². The number of benzene rings is 1. The van der Waals surface area contributed by atoms with Crippen LogP contribution < -0.4 is 10.2 Å². The maximum atomic E-state index is 12.9. The Morgan fingerprint density at radius 1 is 1.03 bits per heavy atom. The number of hydrogen-bond acceptors (Lipinski definition) is 7. The van der Waals surface area contributed by atoms with Crippen LogP contribution in [-0.4, -0.2) is 54.1 Å². The number of piperazine rings is 1. The van der Waals surface area contributed by atoms with E-state index in [0.29, 0.717) is 42.8 Å². The van der Waals surface area contributed by atoms with Crippen LogP contribution in [0.5, 0.6) is 0 Å². The van der Waals surface area contributed by atoms with Crippen molar-refractivity contribution in [3.8, 4) is 0 Å². The van der Waals surface area contributed by atoms with E-state index >= 15 is 0 Å². The molecule has 0 radical (unpaired) electrons. The average Bonchev–Trinajstić information content (AvgIpc) is 2.77. The van der Waals surface area contributed by atoms with Crippen molar-refractivity contribution >= 4 is 38.9 Å². The van der Waals surface area contributed by atoms with Gasteiger partial charge in [0.05, 0.1) is 16.8 Å². The van der Waals surface area contributed by atoms with Crippen LogP contribution in [0.2, 0.25) is 5.02 Å². The minimum Gasteiger partial charge on any atom is -0.352 e. The third kappa shape index (κ3) is 4.38. The van der Waals surface area contributed by atoms with Crippen molar-refractivity contribution in [1.29, 1.82) is 0 Å². The fraction of sp³-hybridized carbons (Fsp3) is 0.250. The number of hydrogen-bond donors (Lipinski definition) is 1. The number of nitrogens with zero attached hydrogens (tertiary/aromatic N) is 5. The molecule has 0 bridgehead atoms. The number of anilines is 3. The zero-order valence-corrected chi connectivity index (χ0v) is 17.9. The highest BCUT2D eigenvalue weighted by atomic mass is 35.5. The first-order chi connectivity index (χ1) is 14.4. The van der Waals surface area contributed by atoms with Gasteiger partial charge in [-0.25, -0.2) is 8.42 Å². The molecule has 0 spiro atoms. The van der Waals surface area contributed by atoms with Gasteiger partial charge in [0.1, 0.15) is 0 Å². The van der Waals surface area contributed by atoms with Gasteiger partial charge in [-0.05, 0) is 48.9 Å². The van der Waals surface area contributed by atoms with Crippen molar-refractivity contribution in [3.63, 3.8) is 0 Å². The molecular formula is C20H21ClN6O2S. The first-order valence-electron chi connectivity index (χ1n) is 9.45. The average molecular weight is 445 g/mol. The summed E-state index contributed by atoms with van der Waals surface area (Å²) < 4.78 is 27.3. The molecule has 0 unspecified atom stereocenters. The van der Waals surface area contributed by atoms with Gasteiger partial charge < -0.3 is 10.2 Å². The third-order valence-corrected chi connectivity index (χ3v) is 7.23. The molecule has 1 N–H and O–H groups in total. The van der Waals surface area contributed by atoms with Crippen molar-refractivity contribution in [1.82, 2.24) is 19.5 Å². The lowest BCUT2D eigenvalue weighted by atomic mass is 10.2. The van der Waals surface area contributed by atoms with Gasteiger partial charge in [0.25, 0.3) is 0 Å². The largest absolute Gasteiger partial charge is 0.352 e. The normalized spacial score (nSPS) is 15.2. The van der Waals surface area contributed by atoms with Gasteiger partial charge in [0.15, 0.2) is 11.6 Å². The van der Waals surface area contributed by atoms with Gasteiger partial charge in [-0.3, -0.25) is 4.98 Å². The predicted octanol–water partition coefficient (Wildman–Crippen LogP) is 3.09. The van der Waals surface area contributed by atoms with Gasteiger partial charge in [0, 0.05) is 37.4 Å². The quantitative estimate of drug-likeness (QED) is 0.646. The molecule has 3 heterocycles. The van der Waals surface area contributed by atoms with Crippen LogP contribution in [0.4, 0.5) is 17.3 Å². The molecule has 1 aliphatic heterocycles. The second-order valence-corrected chi connectivity index (χ2v) is 9.29. The second kappa shape index (κ2) is 8.55. The third-order valence-electron chi connectivity index (χ3n) is 4.93. The van der Waals surface area contributed by atoms with Crippen LogP contribution in [0.25, 0.3) is 0 Å². The highest BCUT2D eigenvalue weighted by molar-refractivity contribution is 7.89. The highest BCUT2D eigenvalue weighted by Crippen LogP contribution is 2.24. The van der Waals surface area contributed by atoms with Crippen LogP contribution in [0.3, 0.4) is 0 Å². The Labute approximate surface area is 180 Å². The van der Waals surface area contributed by atoms with E-state index in [2.05, 4.69) is 20.5 Å². The summed E-state index contributed by atoms with van der Waals surface area (Å²) in [5, 5.41) is 12.1. The lowest BCUT2D eigenvalue weighted by Crippen LogP contribution is -2.49. The van der Waals surface area contributed by atoms with E-state index in [1.54, 1.807) is 24.5 Å². The molecule has 1 aromatic carbocycles. The maximum absolute atomic E-state index is 12.9. The Kier molecular flexibility index (Phi) is 5.85. The van der Waals surface area contributed by atoms with Gasteiger partial charge in [-0.1, -0.05) is 17.7 Å². The zero-order valence-electron chi connectivity index (χ0n) is 16.4.